The van der Waals surface area contributed by atoms with Gasteiger partial charge in [0.25, 0.3) is 0 Å². The van der Waals surface area contributed by atoms with Gasteiger partial charge in [0.05, 0.1) is 6.20 Å². The number of hydrogen-bond donors (Lipinski definition) is 3. The quantitative estimate of drug-likeness (QED) is 0.529. The van der Waals surface area contributed by atoms with Gasteiger partial charge in [-0.3, -0.25) is 0 Å². The largest absolute Gasteiger partial charge is 0.354 e. The van der Waals surface area contributed by atoms with Gasteiger partial charge in [0.15, 0.2) is 5.65 Å². The van der Waals surface area contributed by atoms with Gasteiger partial charge in [-0.25, -0.2) is 0 Å². The number of aryl methyl sites for hydroxylation is 1. The molecule has 1 fully saturated rings. The van der Waals surface area contributed by atoms with Crippen molar-refractivity contribution in [3.8, 4) is 0 Å². The van der Waals surface area contributed by atoms with E-state index in [1.807, 2.05) is 10.7 Å². The minimum Gasteiger partial charge on any atom is -0.354 e. The Morgan fingerprint density at radius 1 is 0.969 bits per heavy atom. The predicted molar refractivity (Wildman–Crippen MR) is 129 cm³/mol. The lowest BCUT2D eigenvalue weighted by Gasteiger charge is -2.38. The van der Waals surface area contributed by atoms with Gasteiger partial charge in [0.1, 0.15) is 0 Å². The molecule has 2 bridgehead atoms. The number of aromatic nitrogens is 4. The molecule has 0 unspecified atom stereocenters. The maximum absolute atomic E-state index is 4.90. The highest BCUT2D eigenvalue weighted by Gasteiger charge is 2.32. The summed E-state index contributed by atoms with van der Waals surface area (Å²) in [6.07, 6.45) is 9.20. The lowest BCUT2D eigenvalue weighted by molar-refractivity contribution is 0.195. The van der Waals surface area contributed by atoms with E-state index in [0.29, 0.717) is 17.3 Å². The average Bonchev–Trinajstić information content (AvgIpc) is 3.24. The average molecular weight is 434 g/mol. The zero-order chi connectivity index (χ0) is 22.0. The van der Waals surface area contributed by atoms with Gasteiger partial charge >= 0.3 is 0 Å². The van der Waals surface area contributed by atoms with Crippen molar-refractivity contribution in [2.75, 3.05) is 30.3 Å². The van der Waals surface area contributed by atoms with E-state index >= 15 is 0 Å². The normalized spacial score (nSPS) is 19.2. The first-order valence-corrected chi connectivity index (χ1v) is 12.1. The smallest absolute Gasteiger partial charge is 0.229 e. The van der Waals surface area contributed by atoms with Crippen molar-refractivity contribution in [1.82, 2.24) is 24.9 Å². The van der Waals surface area contributed by atoms with Gasteiger partial charge in [-0.05, 0) is 67.7 Å². The first kappa shape index (κ1) is 21.2. The van der Waals surface area contributed by atoms with Gasteiger partial charge in [-0.1, -0.05) is 44.5 Å². The molecule has 170 valence electrons. The second-order valence-electron chi connectivity index (χ2n) is 9.79. The molecule has 0 saturated carbocycles. The monoisotopic (exact) mass is 433 g/mol. The lowest BCUT2D eigenvalue weighted by atomic mass is 9.74. The molecule has 0 aliphatic carbocycles. The second-order valence-corrected chi connectivity index (χ2v) is 9.79. The van der Waals surface area contributed by atoms with Crippen LogP contribution >= 0.6 is 0 Å². The van der Waals surface area contributed by atoms with Crippen LogP contribution in [-0.4, -0.2) is 39.2 Å². The summed E-state index contributed by atoms with van der Waals surface area (Å²) in [4.78, 5) is 9.77. The van der Waals surface area contributed by atoms with E-state index in [0.717, 1.165) is 49.8 Å². The number of benzene rings is 1. The van der Waals surface area contributed by atoms with Crippen LogP contribution in [0, 0.1) is 5.41 Å². The van der Waals surface area contributed by atoms with Crippen molar-refractivity contribution >= 4 is 17.5 Å². The van der Waals surface area contributed by atoms with Crippen LogP contribution in [0.5, 0.6) is 0 Å². The molecule has 32 heavy (non-hydrogen) atoms. The number of anilines is 2. The first-order valence-electron chi connectivity index (χ1n) is 12.1. The Labute approximate surface area is 190 Å². The summed E-state index contributed by atoms with van der Waals surface area (Å²) in [5.74, 6) is 1.80. The van der Waals surface area contributed by atoms with Crippen LogP contribution in [0.3, 0.4) is 0 Å². The molecular formula is C25H35N7. The molecule has 3 N–H and O–H groups in total. The molecule has 5 rings (SSSR count). The third-order valence-corrected chi connectivity index (χ3v) is 7.26. The number of rotatable bonds is 1. The Kier molecular flexibility index (Phi) is 6.00. The Morgan fingerprint density at radius 3 is 2.59 bits per heavy atom. The highest BCUT2D eigenvalue weighted by atomic mass is 15.4. The van der Waals surface area contributed by atoms with Crippen molar-refractivity contribution in [3.05, 3.63) is 47.2 Å². The molecule has 2 aromatic heterocycles. The molecule has 2 aliphatic heterocycles. The summed E-state index contributed by atoms with van der Waals surface area (Å²) in [6.45, 7) is 8.21. The number of hydrogen-bond acceptors (Lipinski definition) is 6. The zero-order valence-electron chi connectivity index (χ0n) is 19.3. The highest BCUT2D eigenvalue weighted by Crippen LogP contribution is 2.35. The Balaban J connectivity index is 1.55. The molecule has 7 heteroatoms. The molecule has 4 heterocycles. The molecule has 1 spiro atoms. The second kappa shape index (κ2) is 9.06. The van der Waals surface area contributed by atoms with Gasteiger partial charge in [-0.15, -0.1) is 0 Å². The molecule has 3 aromatic rings. The molecule has 2 aliphatic rings. The van der Waals surface area contributed by atoms with Crippen LogP contribution in [0.2, 0.25) is 0 Å². The first-order chi connectivity index (χ1) is 15.6. The molecule has 0 radical (unpaired) electrons. The molecule has 1 saturated heterocycles. The lowest BCUT2D eigenvalue weighted by Crippen LogP contribution is -2.41. The summed E-state index contributed by atoms with van der Waals surface area (Å²) in [7, 11) is 0. The topological polar surface area (TPSA) is 79.2 Å². The number of fused-ring (bicyclic) bond motifs is 5. The molecule has 0 amide bonds. The van der Waals surface area contributed by atoms with Gasteiger partial charge in [0.2, 0.25) is 11.9 Å². The maximum Gasteiger partial charge on any atom is 0.229 e. The highest BCUT2D eigenvalue weighted by molar-refractivity contribution is 5.56. The predicted octanol–water partition coefficient (Wildman–Crippen LogP) is 4.37. The van der Waals surface area contributed by atoms with Crippen molar-refractivity contribution in [2.24, 2.45) is 5.41 Å². The summed E-state index contributed by atoms with van der Waals surface area (Å²) >= 11 is 0. The molecular weight excluding hydrogens is 398 g/mol. The Morgan fingerprint density at radius 2 is 1.78 bits per heavy atom. The van der Waals surface area contributed by atoms with E-state index in [4.69, 9.17) is 9.97 Å². The number of piperidine rings is 1. The summed E-state index contributed by atoms with van der Waals surface area (Å²) in [5, 5.41) is 15.4. The standard InChI is InChI=1S/C25H35N7/c1-18(2)21-16-29-32-22(21)30-23-28-17-25(11-13-26-14-12-25)10-6-5-8-19-7-3-4-9-20(19)15-27-24(32)31-23/h3-4,7,9,16,18,26H,5-6,8,10-15,17H2,1-2H3,(H2,27,28,30,31). The van der Waals surface area contributed by atoms with E-state index in [1.165, 1.54) is 43.2 Å². The minimum absolute atomic E-state index is 0.305. The fraction of sp³-hybridized carbons (Fsp3) is 0.560. The molecule has 7 nitrogen and oxygen atoms in total. The Hall–Kier alpha value is -2.67. The van der Waals surface area contributed by atoms with Crippen LogP contribution in [0.15, 0.2) is 30.5 Å². The number of nitrogens with zero attached hydrogens (tertiary/aromatic N) is 4. The minimum atomic E-state index is 0.305. The fourth-order valence-corrected chi connectivity index (χ4v) is 5.20. The van der Waals surface area contributed by atoms with Crippen molar-refractivity contribution in [2.45, 2.75) is 64.8 Å². The molecule has 0 atom stereocenters. The van der Waals surface area contributed by atoms with Crippen LogP contribution in [0.25, 0.3) is 5.65 Å². The van der Waals surface area contributed by atoms with Crippen LogP contribution < -0.4 is 16.0 Å². The summed E-state index contributed by atoms with van der Waals surface area (Å²) in [6, 6.07) is 8.78. The fourth-order valence-electron chi connectivity index (χ4n) is 5.20. The van der Waals surface area contributed by atoms with Crippen LogP contribution in [0.1, 0.15) is 68.6 Å². The summed E-state index contributed by atoms with van der Waals surface area (Å²) < 4.78 is 1.86. The van der Waals surface area contributed by atoms with Gasteiger partial charge in [-0.2, -0.15) is 19.6 Å². The number of nitrogens with one attached hydrogen (secondary N) is 3. The van der Waals surface area contributed by atoms with Crippen LogP contribution in [-0.2, 0) is 13.0 Å². The molecule has 1 aromatic carbocycles. The van der Waals surface area contributed by atoms with E-state index in [-0.39, 0.29) is 0 Å². The van der Waals surface area contributed by atoms with Gasteiger partial charge in [0, 0.05) is 18.7 Å². The van der Waals surface area contributed by atoms with Crippen LogP contribution in [0.4, 0.5) is 11.9 Å². The van der Waals surface area contributed by atoms with E-state index in [2.05, 4.69) is 59.2 Å². The summed E-state index contributed by atoms with van der Waals surface area (Å²) in [5.41, 5.74) is 5.11. The Bertz CT molecular complexity index is 1070. The van der Waals surface area contributed by atoms with Crippen molar-refractivity contribution in [3.63, 3.8) is 0 Å². The van der Waals surface area contributed by atoms with Gasteiger partial charge < -0.3 is 16.0 Å². The van der Waals surface area contributed by atoms with E-state index in [9.17, 15) is 0 Å². The van der Waals surface area contributed by atoms with E-state index < -0.39 is 0 Å². The SMILES string of the molecule is CC(C)c1cnn2c3nc(nc12)NCC1(CCCCc2ccccc2CN3)CCNCC1. The third kappa shape index (κ3) is 4.31. The van der Waals surface area contributed by atoms with E-state index in [1.54, 1.807) is 0 Å². The maximum atomic E-state index is 4.90. The third-order valence-electron chi connectivity index (χ3n) is 7.26. The van der Waals surface area contributed by atoms with Crippen molar-refractivity contribution < 1.29 is 0 Å². The van der Waals surface area contributed by atoms with Crippen molar-refractivity contribution in [1.29, 1.82) is 0 Å². The zero-order valence-corrected chi connectivity index (χ0v) is 19.3.